The maximum absolute atomic E-state index is 13.2. The number of halogens is 1. The number of aromatic nitrogens is 2. The summed E-state index contributed by atoms with van der Waals surface area (Å²) in [4.78, 5) is 35.1. The van der Waals surface area contributed by atoms with E-state index in [4.69, 9.17) is 0 Å². The van der Waals surface area contributed by atoms with Crippen molar-refractivity contribution < 1.29 is 9.18 Å². The minimum absolute atomic E-state index is 0.0465. The fourth-order valence-corrected chi connectivity index (χ4v) is 5.21. The number of carbonyl (C=O) groups is 1. The number of hydrogen-bond donors (Lipinski definition) is 1. The summed E-state index contributed by atoms with van der Waals surface area (Å²) >= 11 is 2.58. The number of nitrogens with zero attached hydrogens (tertiary/aromatic N) is 2. The number of rotatable bonds is 6. The molecule has 0 aliphatic heterocycles. The monoisotopic (exact) mass is 453 g/mol. The van der Waals surface area contributed by atoms with E-state index >= 15 is 0 Å². The number of amides is 1. The van der Waals surface area contributed by atoms with E-state index in [1.54, 1.807) is 31.0 Å². The van der Waals surface area contributed by atoms with Crippen LogP contribution in [0.4, 0.5) is 4.39 Å². The number of benzene rings is 2. The lowest BCUT2D eigenvalue weighted by Crippen LogP contribution is -2.33. The number of nitrogens with one attached hydrogen (secondary N) is 1. The van der Waals surface area contributed by atoms with Crippen molar-refractivity contribution in [3.63, 3.8) is 0 Å². The molecule has 0 saturated heterocycles. The molecule has 0 fully saturated rings. The summed E-state index contributed by atoms with van der Waals surface area (Å²) < 4.78 is 13.2. The molecular weight excluding hydrogens is 433 g/mol. The summed E-state index contributed by atoms with van der Waals surface area (Å²) in [5, 5.41) is 2.31. The quantitative estimate of drug-likeness (QED) is 0.332. The van der Waals surface area contributed by atoms with Gasteiger partial charge in [-0.3, -0.25) is 9.59 Å². The SMILES string of the molecule is CC(Sc1nc2scc(-c3ccc(F)cc3)c2c(=O)[nH]1)C(=O)N(C)Cc1ccccc1. The first kappa shape index (κ1) is 21.3. The number of carbonyl (C=O) groups excluding carboxylic acids is 1. The van der Waals surface area contributed by atoms with Crippen LogP contribution in [0.15, 0.2) is 69.9 Å². The molecule has 31 heavy (non-hydrogen) atoms. The normalized spacial score (nSPS) is 12.1. The molecule has 0 aliphatic rings. The van der Waals surface area contributed by atoms with Gasteiger partial charge in [-0.15, -0.1) is 11.3 Å². The van der Waals surface area contributed by atoms with Crippen molar-refractivity contribution in [1.29, 1.82) is 0 Å². The van der Waals surface area contributed by atoms with Crippen LogP contribution in [0.25, 0.3) is 21.3 Å². The zero-order valence-electron chi connectivity index (χ0n) is 17.0. The standard InChI is InChI=1S/C23H20FN3O2S2/c1-14(22(29)27(2)12-15-6-4-3-5-7-15)31-23-25-20(28)19-18(13-30-21(19)26-23)16-8-10-17(24)11-9-16/h3-11,13-14H,12H2,1-2H3,(H,25,26,28). The van der Waals surface area contributed by atoms with Gasteiger partial charge in [-0.05, 0) is 30.2 Å². The second kappa shape index (κ2) is 9.03. The van der Waals surface area contributed by atoms with Crippen molar-refractivity contribution in [3.05, 3.63) is 81.7 Å². The highest BCUT2D eigenvalue weighted by atomic mass is 32.2. The van der Waals surface area contributed by atoms with Gasteiger partial charge in [0.15, 0.2) is 5.16 Å². The summed E-state index contributed by atoms with van der Waals surface area (Å²) in [7, 11) is 1.76. The van der Waals surface area contributed by atoms with Crippen LogP contribution in [0.3, 0.4) is 0 Å². The Balaban J connectivity index is 1.53. The molecule has 2 heterocycles. The predicted octanol–water partition coefficient (Wildman–Crippen LogP) is 4.93. The van der Waals surface area contributed by atoms with Gasteiger partial charge in [0.25, 0.3) is 5.56 Å². The van der Waals surface area contributed by atoms with Gasteiger partial charge in [-0.25, -0.2) is 9.37 Å². The number of fused-ring (bicyclic) bond motifs is 1. The van der Waals surface area contributed by atoms with Crippen LogP contribution in [0, 0.1) is 5.82 Å². The molecular formula is C23H20FN3O2S2. The summed E-state index contributed by atoms with van der Waals surface area (Å²) in [6.45, 7) is 2.32. The van der Waals surface area contributed by atoms with Gasteiger partial charge in [-0.2, -0.15) is 0 Å². The molecule has 0 radical (unpaired) electrons. The van der Waals surface area contributed by atoms with Crippen LogP contribution in [0.1, 0.15) is 12.5 Å². The van der Waals surface area contributed by atoms with E-state index in [-0.39, 0.29) is 17.3 Å². The first-order valence-electron chi connectivity index (χ1n) is 9.65. The van der Waals surface area contributed by atoms with Gasteiger partial charge >= 0.3 is 0 Å². The van der Waals surface area contributed by atoms with Crippen LogP contribution >= 0.6 is 23.1 Å². The van der Waals surface area contributed by atoms with Crippen molar-refractivity contribution >= 4 is 39.2 Å². The second-order valence-electron chi connectivity index (χ2n) is 7.15. The van der Waals surface area contributed by atoms with Gasteiger partial charge in [0, 0.05) is 24.5 Å². The molecule has 158 valence electrons. The fraction of sp³-hybridized carbons (Fsp3) is 0.174. The van der Waals surface area contributed by atoms with Crippen molar-refractivity contribution in [3.8, 4) is 11.1 Å². The predicted molar refractivity (Wildman–Crippen MR) is 124 cm³/mol. The molecule has 4 rings (SSSR count). The van der Waals surface area contributed by atoms with Crippen molar-refractivity contribution in [2.24, 2.45) is 0 Å². The lowest BCUT2D eigenvalue weighted by Gasteiger charge is -2.21. The molecule has 2 aromatic carbocycles. The van der Waals surface area contributed by atoms with Crippen molar-refractivity contribution in [2.75, 3.05) is 7.05 Å². The molecule has 8 heteroatoms. The first-order valence-corrected chi connectivity index (χ1v) is 11.4. The van der Waals surface area contributed by atoms with E-state index in [0.717, 1.165) is 16.7 Å². The molecule has 1 amide bonds. The third-order valence-electron chi connectivity index (χ3n) is 4.85. The van der Waals surface area contributed by atoms with E-state index in [1.165, 1.54) is 35.2 Å². The minimum Gasteiger partial charge on any atom is -0.340 e. The highest BCUT2D eigenvalue weighted by Gasteiger charge is 2.21. The largest absolute Gasteiger partial charge is 0.340 e. The fourth-order valence-electron chi connectivity index (χ4n) is 3.29. The number of H-pyrrole nitrogens is 1. The van der Waals surface area contributed by atoms with Crippen LogP contribution in [0.5, 0.6) is 0 Å². The third kappa shape index (κ3) is 4.70. The number of thioether (sulfide) groups is 1. The first-order chi connectivity index (χ1) is 14.9. The van der Waals surface area contributed by atoms with Crippen LogP contribution < -0.4 is 5.56 Å². The van der Waals surface area contributed by atoms with Gasteiger partial charge < -0.3 is 9.88 Å². The number of hydrogen-bond acceptors (Lipinski definition) is 5. The van der Waals surface area contributed by atoms with Gasteiger partial charge in [0.05, 0.1) is 10.6 Å². The lowest BCUT2D eigenvalue weighted by molar-refractivity contribution is -0.129. The van der Waals surface area contributed by atoms with E-state index in [2.05, 4.69) is 9.97 Å². The minimum atomic E-state index is -0.411. The molecule has 4 aromatic rings. The summed E-state index contributed by atoms with van der Waals surface area (Å²) in [5.74, 6) is -0.375. The second-order valence-corrected chi connectivity index (χ2v) is 9.34. The van der Waals surface area contributed by atoms with E-state index in [9.17, 15) is 14.0 Å². The maximum Gasteiger partial charge on any atom is 0.260 e. The van der Waals surface area contributed by atoms with Gasteiger partial charge in [0.2, 0.25) is 5.91 Å². The Morgan fingerprint density at radius 2 is 1.90 bits per heavy atom. The zero-order valence-corrected chi connectivity index (χ0v) is 18.6. The van der Waals surface area contributed by atoms with Crippen LogP contribution in [0.2, 0.25) is 0 Å². The smallest absolute Gasteiger partial charge is 0.260 e. The molecule has 1 N–H and O–H groups in total. The Bertz CT molecular complexity index is 1270. The van der Waals surface area contributed by atoms with E-state index in [1.807, 2.05) is 35.7 Å². The molecule has 1 unspecified atom stereocenters. The Kier molecular flexibility index (Phi) is 6.20. The Morgan fingerprint density at radius 1 is 1.19 bits per heavy atom. The summed E-state index contributed by atoms with van der Waals surface area (Å²) in [6, 6.07) is 15.8. The number of aromatic amines is 1. The highest BCUT2D eigenvalue weighted by Crippen LogP contribution is 2.32. The zero-order chi connectivity index (χ0) is 22.0. The molecule has 0 saturated carbocycles. The molecule has 5 nitrogen and oxygen atoms in total. The summed E-state index contributed by atoms with van der Waals surface area (Å²) in [5.41, 5.74) is 2.25. The Hall–Kier alpha value is -2.97. The molecule has 0 aliphatic carbocycles. The summed E-state index contributed by atoms with van der Waals surface area (Å²) in [6.07, 6.45) is 0. The molecule has 0 spiro atoms. The van der Waals surface area contributed by atoms with E-state index < -0.39 is 5.25 Å². The Morgan fingerprint density at radius 3 is 2.61 bits per heavy atom. The van der Waals surface area contributed by atoms with Crippen molar-refractivity contribution in [1.82, 2.24) is 14.9 Å². The maximum atomic E-state index is 13.2. The third-order valence-corrected chi connectivity index (χ3v) is 6.70. The van der Waals surface area contributed by atoms with E-state index in [0.29, 0.717) is 21.9 Å². The highest BCUT2D eigenvalue weighted by molar-refractivity contribution is 8.00. The van der Waals surface area contributed by atoms with Gasteiger partial charge in [-0.1, -0.05) is 54.2 Å². The van der Waals surface area contributed by atoms with Gasteiger partial charge in [0.1, 0.15) is 10.6 Å². The Labute approximate surface area is 187 Å². The van der Waals surface area contributed by atoms with Crippen LogP contribution in [-0.2, 0) is 11.3 Å². The average molecular weight is 454 g/mol. The topological polar surface area (TPSA) is 66.1 Å². The number of thiophene rings is 1. The van der Waals surface area contributed by atoms with Crippen molar-refractivity contribution in [2.45, 2.75) is 23.9 Å². The molecule has 2 aromatic heterocycles. The molecule has 0 bridgehead atoms. The van der Waals surface area contributed by atoms with Crippen LogP contribution in [-0.4, -0.2) is 33.1 Å². The average Bonchev–Trinajstić information content (AvgIpc) is 3.19. The lowest BCUT2D eigenvalue weighted by atomic mass is 10.1. The molecule has 1 atom stereocenters.